The van der Waals surface area contributed by atoms with E-state index in [-0.39, 0.29) is 18.5 Å². The second-order valence-corrected chi connectivity index (χ2v) is 24.6. The Hall–Kier alpha value is -2.18. The molecule has 0 rings (SSSR count). The second kappa shape index (κ2) is 69.3. The summed E-state index contributed by atoms with van der Waals surface area (Å²) in [5, 5.41) is 23.3. The Morgan fingerprint density at radius 3 is 0.988 bits per heavy atom. The molecule has 0 radical (unpaired) electrons. The molecule has 6 nitrogen and oxygen atoms in total. The van der Waals surface area contributed by atoms with Crippen molar-refractivity contribution in [3.8, 4) is 0 Å². The van der Waals surface area contributed by atoms with Crippen molar-refractivity contribution in [2.24, 2.45) is 0 Å². The summed E-state index contributed by atoms with van der Waals surface area (Å²) in [6.45, 7) is 4.90. The molecular weight excluding hydrogens is 983 g/mol. The van der Waals surface area contributed by atoms with Gasteiger partial charge in [-0.2, -0.15) is 0 Å². The lowest BCUT2D eigenvalue weighted by atomic mass is 10.0. The van der Waals surface area contributed by atoms with Crippen molar-refractivity contribution >= 4 is 11.9 Å². The number of hydrogen-bond donors (Lipinski definition) is 3. The highest BCUT2D eigenvalue weighted by molar-refractivity contribution is 5.76. The molecule has 0 heterocycles. The van der Waals surface area contributed by atoms with Gasteiger partial charge < -0.3 is 20.3 Å². The number of unbranched alkanes of at least 4 members (excludes halogenated alkanes) is 50. The van der Waals surface area contributed by atoms with Crippen molar-refractivity contribution in [3.63, 3.8) is 0 Å². The van der Waals surface area contributed by atoms with Crippen molar-refractivity contribution in [2.45, 2.75) is 398 Å². The first-order chi connectivity index (χ1) is 39.5. The fourth-order valence-electron chi connectivity index (χ4n) is 11.1. The van der Waals surface area contributed by atoms with Gasteiger partial charge in [0.2, 0.25) is 5.91 Å². The number of amides is 1. The van der Waals surface area contributed by atoms with Crippen LogP contribution in [0.4, 0.5) is 0 Å². The summed E-state index contributed by atoms with van der Waals surface area (Å²) in [5.74, 6) is -0.0647. The van der Waals surface area contributed by atoms with Gasteiger partial charge in [-0.3, -0.25) is 9.59 Å². The van der Waals surface area contributed by atoms with E-state index >= 15 is 0 Å². The van der Waals surface area contributed by atoms with E-state index in [1.54, 1.807) is 6.08 Å². The Balaban J connectivity index is 3.43. The van der Waals surface area contributed by atoms with Crippen LogP contribution in [0.25, 0.3) is 0 Å². The monoisotopic (exact) mass is 1120 g/mol. The van der Waals surface area contributed by atoms with Crippen molar-refractivity contribution in [1.29, 1.82) is 0 Å². The van der Waals surface area contributed by atoms with Crippen LogP contribution in [0.5, 0.6) is 0 Å². The number of nitrogens with one attached hydrogen (secondary N) is 1. The standard InChI is InChI=1S/C74H139NO5/c1-3-5-7-9-11-13-15-17-19-21-22-23-28-31-35-38-42-46-50-54-58-62-66-72(77)71(70-76)75-73(78)67-63-59-55-51-47-43-39-36-32-29-26-24-25-27-30-33-37-41-45-49-53-57-61-65-69-80-74(79)68-64-60-56-52-48-44-40-34-20-18-16-14-12-10-8-6-4-2/h12,14,18,20,26,29,62,66,71-72,76-77H,3-11,13,15-17,19,21-25,27-28,30-61,63-65,67-70H2,1-2H3,(H,75,78)/b14-12-,20-18-,29-26-,66-62+. The van der Waals surface area contributed by atoms with E-state index in [1.807, 2.05) is 6.08 Å². The van der Waals surface area contributed by atoms with E-state index < -0.39 is 12.1 Å². The van der Waals surface area contributed by atoms with Gasteiger partial charge in [0, 0.05) is 12.8 Å². The molecule has 0 bridgehead atoms. The molecule has 0 aromatic rings. The summed E-state index contributed by atoms with van der Waals surface area (Å²) in [7, 11) is 0. The molecule has 0 aliphatic carbocycles. The number of ether oxygens (including phenoxy) is 1. The van der Waals surface area contributed by atoms with Crippen LogP contribution in [0.2, 0.25) is 0 Å². The first kappa shape index (κ1) is 77.8. The number of aliphatic hydroxyl groups is 2. The lowest BCUT2D eigenvalue weighted by molar-refractivity contribution is -0.143. The molecule has 1 amide bonds. The number of aliphatic hydroxyl groups excluding tert-OH is 2. The highest BCUT2D eigenvalue weighted by Gasteiger charge is 2.18. The lowest BCUT2D eigenvalue weighted by Gasteiger charge is -2.20. The number of carbonyl (C=O) groups excluding carboxylic acids is 2. The number of allylic oxidation sites excluding steroid dienone is 7. The summed E-state index contributed by atoms with van der Waals surface area (Å²) in [6.07, 6.45) is 90.4. The number of esters is 1. The molecule has 0 aromatic carbocycles. The highest BCUT2D eigenvalue weighted by Crippen LogP contribution is 2.18. The van der Waals surface area contributed by atoms with Crippen molar-refractivity contribution in [1.82, 2.24) is 5.32 Å². The minimum Gasteiger partial charge on any atom is -0.466 e. The predicted octanol–water partition coefficient (Wildman–Crippen LogP) is 23.3. The summed E-state index contributed by atoms with van der Waals surface area (Å²) >= 11 is 0. The first-order valence-electron chi connectivity index (χ1n) is 35.9. The Morgan fingerprint density at radius 1 is 0.350 bits per heavy atom. The Labute approximate surface area is 499 Å². The van der Waals surface area contributed by atoms with Crippen LogP contribution < -0.4 is 5.32 Å². The van der Waals surface area contributed by atoms with E-state index in [0.29, 0.717) is 19.4 Å². The molecule has 470 valence electrons. The topological polar surface area (TPSA) is 95.9 Å². The SMILES string of the molecule is CCCCC/C=C\C/C=C\CCCCCCCCCC(=O)OCCCCCCCCCCCCCC/C=C\CCCCCCCCCCC(=O)NC(CO)C(O)/C=C/CCCCCCCCCCCCCCCCCCCCCC. The first-order valence-corrected chi connectivity index (χ1v) is 35.9. The van der Waals surface area contributed by atoms with Crippen LogP contribution in [-0.2, 0) is 14.3 Å². The molecule has 0 saturated carbocycles. The minimum absolute atomic E-state index is 0.00459. The normalized spacial score (nSPS) is 12.8. The van der Waals surface area contributed by atoms with Gasteiger partial charge in [-0.25, -0.2) is 0 Å². The third-order valence-electron chi connectivity index (χ3n) is 16.6. The maximum Gasteiger partial charge on any atom is 0.305 e. The van der Waals surface area contributed by atoms with Gasteiger partial charge in [-0.15, -0.1) is 0 Å². The van der Waals surface area contributed by atoms with Crippen molar-refractivity contribution in [3.05, 3.63) is 48.6 Å². The molecule has 2 unspecified atom stereocenters. The van der Waals surface area contributed by atoms with Crippen molar-refractivity contribution < 1.29 is 24.5 Å². The molecule has 0 aliphatic rings. The molecule has 2 atom stereocenters. The minimum atomic E-state index is -0.849. The Morgan fingerprint density at radius 2 is 0.625 bits per heavy atom. The van der Waals surface area contributed by atoms with Crippen LogP contribution in [0.3, 0.4) is 0 Å². The van der Waals surface area contributed by atoms with Crippen LogP contribution in [0.1, 0.15) is 386 Å². The molecule has 0 spiro atoms. The van der Waals surface area contributed by atoms with Gasteiger partial charge >= 0.3 is 5.97 Å². The zero-order chi connectivity index (χ0) is 57.8. The highest BCUT2D eigenvalue weighted by atomic mass is 16.5. The number of carbonyl (C=O) groups is 2. The van der Waals surface area contributed by atoms with Crippen LogP contribution in [0.15, 0.2) is 48.6 Å². The molecule has 0 aliphatic heterocycles. The smallest absolute Gasteiger partial charge is 0.305 e. The van der Waals surface area contributed by atoms with E-state index in [1.165, 1.54) is 308 Å². The second-order valence-electron chi connectivity index (χ2n) is 24.6. The molecule has 3 N–H and O–H groups in total. The quantitative estimate of drug-likeness (QED) is 0.0320. The largest absolute Gasteiger partial charge is 0.466 e. The van der Waals surface area contributed by atoms with Gasteiger partial charge in [-0.05, 0) is 89.9 Å². The van der Waals surface area contributed by atoms with E-state index in [4.69, 9.17) is 4.74 Å². The number of rotatable bonds is 67. The molecule has 80 heavy (non-hydrogen) atoms. The third kappa shape index (κ3) is 65.0. The van der Waals surface area contributed by atoms with Crippen LogP contribution >= 0.6 is 0 Å². The molecule has 0 fully saturated rings. The fourth-order valence-corrected chi connectivity index (χ4v) is 11.1. The molecule has 0 aromatic heterocycles. The molecule has 6 heteroatoms. The van der Waals surface area contributed by atoms with E-state index in [2.05, 4.69) is 55.6 Å². The fraction of sp³-hybridized carbons (Fsp3) is 0.865. The summed E-state index contributed by atoms with van der Waals surface area (Å²) < 4.78 is 5.50. The van der Waals surface area contributed by atoms with E-state index in [0.717, 1.165) is 51.4 Å². The van der Waals surface area contributed by atoms with Crippen LogP contribution in [0, 0.1) is 0 Å². The summed E-state index contributed by atoms with van der Waals surface area (Å²) in [5.41, 5.74) is 0. The zero-order valence-electron chi connectivity index (χ0n) is 53.8. The van der Waals surface area contributed by atoms with E-state index in [9.17, 15) is 19.8 Å². The van der Waals surface area contributed by atoms with Crippen molar-refractivity contribution in [2.75, 3.05) is 13.2 Å². The predicted molar refractivity (Wildman–Crippen MR) is 352 cm³/mol. The molecular formula is C74H139NO5. The van der Waals surface area contributed by atoms with Gasteiger partial charge in [0.1, 0.15) is 0 Å². The van der Waals surface area contributed by atoms with Gasteiger partial charge in [0.25, 0.3) is 0 Å². The van der Waals surface area contributed by atoms with Gasteiger partial charge in [0.05, 0.1) is 25.4 Å². The maximum absolute atomic E-state index is 12.5. The maximum atomic E-state index is 12.5. The zero-order valence-corrected chi connectivity index (χ0v) is 53.8. The van der Waals surface area contributed by atoms with Crippen LogP contribution in [-0.4, -0.2) is 47.4 Å². The van der Waals surface area contributed by atoms with Gasteiger partial charge in [0.15, 0.2) is 0 Å². The Kier molecular flexibility index (Phi) is 67.4. The molecule has 0 saturated heterocycles. The Bertz CT molecular complexity index is 1340. The summed E-state index contributed by atoms with van der Waals surface area (Å²) in [4.78, 5) is 24.6. The summed E-state index contributed by atoms with van der Waals surface area (Å²) in [6, 6.07) is -0.633. The average molecular weight is 1120 g/mol. The number of hydrogen-bond acceptors (Lipinski definition) is 5. The lowest BCUT2D eigenvalue weighted by Crippen LogP contribution is -2.45. The third-order valence-corrected chi connectivity index (χ3v) is 16.6. The van der Waals surface area contributed by atoms with Gasteiger partial charge in [-0.1, -0.05) is 332 Å². The average Bonchev–Trinajstić information content (AvgIpc) is 3.46.